The van der Waals surface area contributed by atoms with Gasteiger partial charge in [0.2, 0.25) is 5.82 Å². The maximum Gasteiger partial charge on any atom is 0.270 e. The molecule has 0 aliphatic heterocycles. The maximum absolute atomic E-state index is 13.2. The zero-order valence-electron chi connectivity index (χ0n) is 21.7. The van der Waals surface area contributed by atoms with Gasteiger partial charge in [0.1, 0.15) is 22.8 Å². The summed E-state index contributed by atoms with van der Waals surface area (Å²) in [5, 5.41) is 27.6. The van der Waals surface area contributed by atoms with Gasteiger partial charge in [0.05, 0.1) is 11.7 Å². The minimum atomic E-state index is -0.303. The first-order valence-electron chi connectivity index (χ1n) is 12.0. The van der Waals surface area contributed by atoms with Crippen LogP contribution in [0.5, 0.6) is 5.75 Å². The molecule has 4 aromatic heterocycles. The van der Waals surface area contributed by atoms with E-state index < -0.39 is 0 Å². The van der Waals surface area contributed by atoms with Crippen molar-refractivity contribution >= 4 is 16.8 Å². The van der Waals surface area contributed by atoms with Crippen LogP contribution in [-0.2, 0) is 27.2 Å². The minimum absolute atomic E-state index is 0.0398. The van der Waals surface area contributed by atoms with Crippen molar-refractivity contribution in [2.45, 2.75) is 40.8 Å². The third-order valence-corrected chi connectivity index (χ3v) is 6.58. The topological polar surface area (TPSA) is 129 Å². The van der Waals surface area contributed by atoms with Crippen LogP contribution in [0, 0.1) is 20.8 Å². The summed E-state index contributed by atoms with van der Waals surface area (Å²) in [6, 6.07) is 7.84. The third kappa shape index (κ3) is 4.22. The van der Waals surface area contributed by atoms with E-state index in [9.17, 15) is 9.90 Å². The normalized spacial score (nSPS) is 11.4. The van der Waals surface area contributed by atoms with Crippen LogP contribution in [0.15, 0.2) is 30.5 Å². The standard InChI is InChI=1S/C26H29N9O2/c1-7-35-22(23(36)16(4)31-35)24-30-25(34(6)32-24)21-18-13-28-33(5)20(18)11-19(29-21)26(37)27-12-17-9-8-14(2)15(3)10-17/h8-11,13,36H,7,12H2,1-6H3,(H,27,37). The van der Waals surface area contributed by atoms with E-state index in [1.54, 1.807) is 40.3 Å². The van der Waals surface area contributed by atoms with Crippen molar-refractivity contribution < 1.29 is 9.90 Å². The summed E-state index contributed by atoms with van der Waals surface area (Å²) < 4.78 is 4.94. The molecule has 0 spiro atoms. The summed E-state index contributed by atoms with van der Waals surface area (Å²) in [5.41, 5.74) is 5.79. The Kier molecular flexibility index (Phi) is 5.98. The van der Waals surface area contributed by atoms with Crippen molar-refractivity contribution in [2.75, 3.05) is 0 Å². The van der Waals surface area contributed by atoms with Gasteiger partial charge in [-0.05, 0) is 50.5 Å². The molecule has 1 amide bonds. The number of carbonyl (C=O) groups is 1. The highest BCUT2D eigenvalue weighted by Crippen LogP contribution is 2.32. The fourth-order valence-electron chi connectivity index (χ4n) is 4.33. The lowest BCUT2D eigenvalue weighted by Crippen LogP contribution is -2.24. The third-order valence-electron chi connectivity index (χ3n) is 6.58. The van der Waals surface area contributed by atoms with Gasteiger partial charge in [-0.3, -0.25) is 14.2 Å². The number of amides is 1. The number of aryl methyl sites for hydroxylation is 6. The summed E-state index contributed by atoms with van der Waals surface area (Å²) in [6.45, 7) is 8.70. The Morgan fingerprint density at radius 1 is 1.03 bits per heavy atom. The van der Waals surface area contributed by atoms with Crippen molar-refractivity contribution in [1.29, 1.82) is 0 Å². The van der Waals surface area contributed by atoms with Crippen molar-refractivity contribution in [3.8, 4) is 28.8 Å². The van der Waals surface area contributed by atoms with Crippen molar-refractivity contribution in [3.05, 3.63) is 58.5 Å². The Morgan fingerprint density at radius 2 is 1.81 bits per heavy atom. The van der Waals surface area contributed by atoms with Gasteiger partial charge in [-0.15, -0.1) is 5.10 Å². The Labute approximate surface area is 213 Å². The number of nitrogens with zero attached hydrogens (tertiary/aromatic N) is 8. The van der Waals surface area contributed by atoms with E-state index in [0.717, 1.165) is 16.5 Å². The highest BCUT2D eigenvalue weighted by molar-refractivity contribution is 5.99. The molecule has 1 aromatic carbocycles. The van der Waals surface area contributed by atoms with Gasteiger partial charge in [-0.2, -0.15) is 10.2 Å². The molecule has 11 nitrogen and oxygen atoms in total. The molecule has 0 aliphatic rings. The molecule has 5 aromatic rings. The predicted molar refractivity (Wildman–Crippen MR) is 139 cm³/mol. The van der Waals surface area contributed by atoms with Crippen molar-refractivity contribution in [1.82, 2.24) is 44.6 Å². The van der Waals surface area contributed by atoms with Crippen LogP contribution in [0.3, 0.4) is 0 Å². The molecule has 0 fully saturated rings. The van der Waals surface area contributed by atoms with Crippen LogP contribution in [0.4, 0.5) is 0 Å². The molecule has 4 heterocycles. The first-order valence-corrected chi connectivity index (χ1v) is 12.0. The van der Waals surface area contributed by atoms with E-state index in [2.05, 4.69) is 40.5 Å². The van der Waals surface area contributed by atoms with Crippen LogP contribution < -0.4 is 5.32 Å². The van der Waals surface area contributed by atoms with E-state index in [1.807, 2.05) is 26.1 Å². The molecule has 37 heavy (non-hydrogen) atoms. The first kappa shape index (κ1) is 24.2. The number of benzene rings is 1. The average Bonchev–Trinajstić information content (AvgIpc) is 3.53. The van der Waals surface area contributed by atoms with Crippen LogP contribution >= 0.6 is 0 Å². The highest BCUT2D eigenvalue weighted by atomic mass is 16.3. The molecular formula is C26H29N9O2. The predicted octanol–water partition coefficient (Wildman–Crippen LogP) is 3.21. The van der Waals surface area contributed by atoms with Crippen LogP contribution in [-0.4, -0.2) is 50.3 Å². The Balaban J connectivity index is 1.55. The molecular weight excluding hydrogens is 470 g/mol. The Morgan fingerprint density at radius 3 is 2.54 bits per heavy atom. The maximum atomic E-state index is 13.2. The molecule has 0 bridgehead atoms. The highest BCUT2D eigenvalue weighted by Gasteiger charge is 2.24. The summed E-state index contributed by atoms with van der Waals surface area (Å²) in [6.07, 6.45) is 1.70. The molecule has 0 saturated carbocycles. The number of aromatic nitrogens is 8. The molecule has 5 rings (SSSR count). The van der Waals surface area contributed by atoms with E-state index in [0.29, 0.717) is 41.8 Å². The quantitative estimate of drug-likeness (QED) is 0.367. The number of aromatic hydroxyl groups is 1. The number of pyridine rings is 1. The second kappa shape index (κ2) is 9.16. The van der Waals surface area contributed by atoms with Gasteiger partial charge in [-0.25, -0.2) is 14.6 Å². The molecule has 11 heteroatoms. The fraction of sp³-hybridized carbons (Fsp3) is 0.308. The average molecular weight is 500 g/mol. The van der Waals surface area contributed by atoms with Gasteiger partial charge in [-0.1, -0.05) is 18.2 Å². The van der Waals surface area contributed by atoms with Crippen LogP contribution in [0.25, 0.3) is 33.9 Å². The largest absolute Gasteiger partial charge is 0.504 e. The molecule has 190 valence electrons. The number of carbonyl (C=O) groups excluding carboxylic acids is 1. The van der Waals surface area contributed by atoms with Gasteiger partial charge in [0.15, 0.2) is 11.6 Å². The molecule has 0 unspecified atom stereocenters. The SMILES string of the molecule is CCn1nc(C)c(O)c1-c1nc(-c2nc(C(=O)NCc3ccc(C)c(C)c3)cc3c2cnn3C)n(C)n1. The number of hydrogen-bond acceptors (Lipinski definition) is 7. The number of nitrogens with one attached hydrogen (secondary N) is 1. The van der Waals surface area contributed by atoms with Gasteiger partial charge in [0.25, 0.3) is 5.91 Å². The minimum Gasteiger partial charge on any atom is -0.504 e. The summed E-state index contributed by atoms with van der Waals surface area (Å²) in [5.74, 6) is 0.499. The Hall–Kier alpha value is -4.54. The smallest absolute Gasteiger partial charge is 0.270 e. The van der Waals surface area contributed by atoms with Gasteiger partial charge in [0, 0.05) is 32.6 Å². The number of fused-ring (bicyclic) bond motifs is 1. The monoisotopic (exact) mass is 499 g/mol. The van der Waals surface area contributed by atoms with E-state index >= 15 is 0 Å². The second-order valence-corrected chi connectivity index (χ2v) is 9.14. The van der Waals surface area contributed by atoms with Gasteiger partial charge >= 0.3 is 0 Å². The van der Waals surface area contributed by atoms with E-state index in [-0.39, 0.29) is 17.4 Å². The second-order valence-electron chi connectivity index (χ2n) is 9.14. The number of hydrogen-bond donors (Lipinski definition) is 2. The van der Waals surface area contributed by atoms with Crippen LogP contribution in [0.1, 0.15) is 39.8 Å². The number of rotatable bonds is 6. The lowest BCUT2D eigenvalue weighted by molar-refractivity contribution is 0.0946. The van der Waals surface area contributed by atoms with E-state index in [1.165, 1.54) is 11.1 Å². The van der Waals surface area contributed by atoms with Crippen LogP contribution in [0.2, 0.25) is 0 Å². The molecule has 0 saturated heterocycles. The zero-order chi connectivity index (χ0) is 26.4. The molecule has 2 N–H and O–H groups in total. The zero-order valence-corrected chi connectivity index (χ0v) is 21.7. The Bertz CT molecular complexity index is 1660. The van der Waals surface area contributed by atoms with Gasteiger partial charge < -0.3 is 10.4 Å². The lowest BCUT2D eigenvalue weighted by Gasteiger charge is -2.09. The molecule has 0 atom stereocenters. The fourth-order valence-corrected chi connectivity index (χ4v) is 4.33. The summed E-state index contributed by atoms with van der Waals surface area (Å²) >= 11 is 0. The molecule has 0 radical (unpaired) electrons. The lowest BCUT2D eigenvalue weighted by atomic mass is 10.1. The first-order chi connectivity index (χ1) is 17.7. The summed E-state index contributed by atoms with van der Waals surface area (Å²) in [4.78, 5) is 22.6. The molecule has 0 aliphatic carbocycles. The van der Waals surface area contributed by atoms with E-state index in [4.69, 9.17) is 9.97 Å². The van der Waals surface area contributed by atoms with Crippen molar-refractivity contribution in [2.24, 2.45) is 14.1 Å². The van der Waals surface area contributed by atoms with Crippen molar-refractivity contribution in [3.63, 3.8) is 0 Å². The summed E-state index contributed by atoms with van der Waals surface area (Å²) in [7, 11) is 3.56.